The van der Waals surface area contributed by atoms with Crippen LogP contribution in [0.25, 0.3) is 0 Å². The van der Waals surface area contributed by atoms with Crippen LogP contribution in [0.15, 0.2) is 23.2 Å². The summed E-state index contributed by atoms with van der Waals surface area (Å²) in [5.41, 5.74) is 1.89. The van der Waals surface area contributed by atoms with Gasteiger partial charge in [-0.3, -0.25) is 9.59 Å². The van der Waals surface area contributed by atoms with Gasteiger partial charge in [0.1, 0.15) is 18.0 Å². The van der Waals surface area contributed by atoms with Gasteiger partial charge in [0.15, 0.2) is 0 Å². The summed E-state index contributed by atoms with van der Waals surface area (Å²) in [6.07, 6.45) is 1.52. The number of ketones is 2. The maximum absolute atomic E-state index is 12.4. The molecule has 0 aromatic heterocycles. The van der Waals surface area contributed by atoms with Crippen LogP contribution < -0.4 is 0 Å². The summed E-state index contributed by atoms with van der Waals surface area (Å²) in [7, 11) is -2.35. The van der Waals surface area contributed by atoms with Gasteiger partial charge in [-0.25, -0.2) is 0 Å². The third kappa shape index (κ3) is 3.77. The SMILES string of the molecule is CCO[P+](=O)O.O=C1C=C(N2CC2)C(=O)C(N2CC2)=C1N1CC1. The van der Waals surface area contributed by atoms with Crippen molar-refractivity contribution in [3.63, 3.8) is 0 Å². The quantitative estimate of drug-likeness (QED) is 0.420. The minimum Gasteiger partial charge on any atom is -0.365 e. The van der Waals surface area contributed by atoms with Gasteiger partial charge in [0.2, 0.25) is 11.6 Å². The minimum absolute atomic E-state index is 0.00546. The number of carbonyl (C=O) groups excluding carboxylic acids is 2. The van der Waals surface area contributed by atoms with E-state index in [0.717, 1.165) is 39.3 Å². The molecule has 0 aromatic carbocycles. The van der Waals surface area contributed by atoms with Crippen LogP contribution in [0.5, 0.6) is 0 Å². The fourth-order valence-corrected chi connectivity index (χ4v) is 2.61. The summed E-state index contributed by atoms with van der Waals surface area (Å²) in [4.78, 5) is 38.3. The lowest BCUT2D eigenvalue weighted by Crippen LogP contribution is -2.29. The van der Waals surface area contributed by atoms with E-state index < -0.39 is 8.25 Å². The van der Waals surface area contributed by atoms with Crippen molar-refractivity contribution in [3.8, 4) is 0 Å². The van der Waals surface area contributed by atoms with Crippen LogP contribution in [0.1, 0.15) is 6.92 Å². The molecule has 3 heterocycles. The van der Waals surface area contributed by atoms with Crippen LogP contribution >= 0.6 is 8.25 Å². The third-order valence-corrected chi connectivity index (χ3v) is 4.21. The lowest BCUT2D eigenvalue weighted by atomic mass is 10.0. The van der Waals surface area contributed by atoms with Crippen molar-refractivity contribution < 1.29 is 23.6 Å². The van der Waals surface area contributed by atoms with E-state index in [1.807, 2.05) is 14.7 Å². The highest BCUT2D eigenvalue weighted by Crippen LogP contribution is 2.33. The monoisotopic (exact) mass is 340 g/mol. The number of carbonyl (C=O) groups is 2. The highest BCUT2D eigenvalue weighted by atomic mass is 31.1. The van der Waals surface area contributed by atoms with Gasteiger partial charge in [0, 0.05) is 49.9 Å². The second-order valence-electron chi connectivity index (χ2n) is 5.54. The highest BCUT2D eigenvalue weighted by Gasteiger charge is 2.43. The average molecular weight is 340 g/mol. The van der Waals surface area contributed by atoms with Gasteiger partial charge >= 0.3 is 8.25 Å². The predicted octanol–water partition coefficient (Wildman–Crippen LogP) is -0.147. The molecular formula is C14H19N3O5P+. The van der Waals surface area contributed by atoms with E-state index in [-0.39, 0.29) is 11.6 Å². The smallest absolute Gasteiger partial charge is 0.365 e. The van der Waals surface area contributed by atoms with Gasteiger partial charge < -0.3 is 14.7 Å². The Morgan fingerprint density at radius 2 is 1.57 bits per heavy atom. The van der Waals surface area contributed by atoms with Crippen molar-refractivity contribution in [2.24, 2.45) is 0 Å². The van der Waals surface area contributed by atoms with Crippen molar-refractivity contribution in [2.45, 2.75) is 6.92 Å². The number of hydrogen-bond donors (Lipinski definition) is 1. The molecule has 0 radical (unpaired) electrons. The molecule has 0 spiro atoms. The largest absolute Gasteiger partial charge is 0.694 e. The zero-order chi connectivity index (χ0) is 16.6. The second-order valence-corrected chi connectivity index (χ2v) is 6.27. The van der Waals surface area contributed by atoms with Gasteiger partial charge in [-0.1, -0.05) is 0 Å². The molecule has 0 bridgehead atoms. The molecular weight excluding hydrogens is 321 g/mol. The van der Waals surface area contributed by atoms with E-state index in [0.29, 0.717) is 23.7 Å². The normalized spacial score (nSPS) is 22.6. The molecule has 23 heavy (non-hydrogen) atoms. The van der Waals surface area contributed by atoms with Gasteiger partial charge in [-0.05, 0) is 6.92 Å². The molecule has 8 nitrogen and oxygen atoms in total. The first kappa shape index (κ1) is 16.1. The van der Waals surface area contributed by atoms with Gasteiger partial charge in [0.05, 0.1) is 5.70 Å². The summed E-state index contributed by atoms with van der Waals surface area (Å²) in [5.74, 6) is 0.0485. The van der Waals surface area contributed by atoms with E-state index in [2.05, 4.69) is 4.52 Å². The van der Waals surface area contributed by atoms with Gasteiger partial charge in [-0.15, -0.1) is 9.42 Å². The molecule has 1 atom stereocenters. The van der Waals surface area contributed by atoms with E-state index in [1.54, 1.807) is 6.92 Å². The maximum atomic E-state index is 12.4. The van der Waals surface area contributed by atoms with Crippen molar-refractivity contribution in [2.75, 3.05) is 45.9 Å². The first-order valence-electron chi connectivity index (χ1n) is 7.61. The lowest BCUT2D eigenvalue weighted by molar-refractivity contribution is -0.117. The molecule has 0 aromatic rings. The van der Waals surface area contributed by atoms with Crippen molar-refractivity contribution in [1.29, 1.82) is 0 Å². The van der Waals surface area contributed by atoms with Crippen molar-refractivity contribution >= 4 is 19.8 Å². The fourth-order valence-electron chi connectivity index (χ4n) is 2.39. The zero-order valence-corrected chi connectivity index (χ0v) is 13.8. The van der Waals surface area contributed by atoms with Crippen molar-refractivity contribution in [1.82, 2.24) is 14.7 Å². The molecule has 3 saturated heterocycles. The van der Waals surface area contributed by atoms with Crippen LogP contribution in [0.4, 0.5) is 0 Å². The third-order valence-electron chi connectivity index (χ3n) is 3.73. The lowest BCUT2D eigenvalue weighted by Gasteiger charge is -2.21. The molecule has 1 N–H and O–H groups in total. The van der Waals surface area contributed by atoms with E-state index >= 15 is 0 Å². The molecule has 0 saturated carbocycles. The van der Waals surface area contributed by atoms with Crippen LogP contribution in [-0.4, -0.2) is 77.0 Å². The average Bonchev–Trinajstić information content (AvgIpc) is 3.37. The van der Waals surface area contributed by atoms with Crippen LogP contribution in [0.2, 0.25) is 0 Å². The molecule has 9 heteroatoms. The van der Waals surface area contributed by atoms with Crippen molar-refractivity contribution in [3.05, 3.63) is 23.2 Å². The van der Waals surface area contributed by atoms with E-state index in [9.17, 15) is 14.2 Å². The fraction of sp³-hybridized carbons (Fsp3) is 0.571. The Hall–Kier alpha value is -1.76. The van der Waals surface area contributed by atoms with E-state index in [4.69, 9.17) is 4.89 Å². The number of nitrogens with zero attached hydrogens (tertiary/aromatic N) is 3. The first-order chi connectivity index (χ1) is 11.0. The first-order valence-corrected chi connectivity index (χ1v) is 8.75. The van der Waals surface area contributed by atoms with Gasteiger partial charge in [-0.2, -0.15) is 0 Å². The molecule has 0 amide bonds. The zero-order valence-electron chi connectivity index (χ0n) is 12.9. The number of Topliss-reactive ketones (excluding diaryl/α,β-unsaturated/α-hetero) is 1. The maximum Gasteiger partial charge on any atom is 0.694 e. The highest BCUT2D eigenvalue weighted by molar-refractivity contribution is 7.32. The van der Waals surface area contributed by atoms with Gasteiger partial charge in [0.25, 0.3) is 0 Å². The molecule has 1 unspecified atom stereocenters. The second kappa shape index (κ2) is 6.39. The Morgan fingerprint density at radius 3 is 1.96 bits per heavy atom. The standard InChI is InChI=1S/C12H13N3O2.C2H5O3P/c16-9-7-8(13-1-2-13)12(17)11(15-5-6-15)10(9)14-3-4-14;1-2-5-6(3)4/h7H,1-6H2;2H2,1H3/p+1. The summed E-state index contributed by atoms with van der Waals surface area (Å²) in [5, 5.41) is 0. The molecule has 3 aliphatic heterocycles. The number of rotatable bonds is 5. The van der Waals surface area contributed by atoms with E-state index in [1.165, 1.54) is 6.08 Å². The number of allylic oxidation sites excluding steroid dienone is 1. The Bertz CT molecular complexity index is 618. The Labute approximate surface area is 134 Å². The molecule has 4 rings (SSSR count). The summed E-state index contributed by atoms with van der Waals surface area (Å²) < 4.78 is 13.6. The minimum atomic E-state index is -2.35. The van der Waals surface area contributed by atoms with Crippen LogP contribution in [0.3, 0.4) is 0 Å². The summed E-state index contributed by atoms with van der Waals surface area (Å²) >= 11 is 0. The summed E-state index contributed by atoms with van der Waals surface area (Å²) in [6.45, 7) is 7.36. The Kier molecular flexibility index (Phi) is 4.48. The Morgan fingerprint density at radius 1 is 1.04 bits per heavy atom. The molecule has 1 aliphatic carbocycles. The topological polar surface area (TPSA) is 89.7 Å². The van der Waals surface area contributed by atoms with Crippen LogP contribution in [-0.2, 0) is 18.7 Å². The predicted molar refractivity (Wildman–Crippen MR) is 81.3 cm³/mol. The summed E-state index contributed by atoms with van der Waals surface area (Å²) in [6, 6.07) is 0. The molecule has 3 fully saturated rings. The van der Waals surface area contributed by atoms with Crippen LogP contribution in [0, 0.1) is 0 Å². The molecule has 124 valence electrons. The number of hydrogen-bond acceptors (Lipinski definition) is 7. The Balaban J connectivity index is 0.000000227. The molecule has 4 aliphatic rings.